The quantitative estimate of drug-likeness (QED) is 0.819. The van der Waals surface area contributed by atoms with Crippen LogP contribution in [0.15, 0.2) is 0 Å². The lowest BCUT2D eigenvalue weighted by Gasteiger charge is -2.32. The fraction of sp³-hybridized carbons (Fsp3) is 0.933. The van der Waals surface area contributed by atoms with Gasteiger partial charge in [0.1, 0.15) is 0 Å². The third-order valence-electron chi connectivity index (χ3n) is 4.16. The summed E-state index contributed by atoms with van der Waals surface area (Å²) in [7, 11) is 0. The van der Waals surface area contributed by atoms with Gasteiger partial charge in [0.25, 0.3) is 0 Å². The molecule has 0 radical (unpaired) electrons. The van der Waals surface area contributed by atoms with Gasteiger partial charge in [-0.1, -0.05) is 47.5 Å². The molecule has 1 saturated heterocycles. The van der Waals surface area contributed by atoms with Crippen LogP contribution in [0.5, 0.6) is 0 Å². The molecule has 1 amide bonds. The van der Waals surface area contributed by atoms with E-state index < -0.39 is 0 Å². The van der Waals surface area contributed by atoms with E-state index in [0.717, 1.165) is 19.4 Å². The topological polar surface area (TPSA) is 32.3 Å². The Morgan fingerprint density at radius 1 is 1.33 bits per heavy atom. The number of rotatable bonds is 2. The lowest BCUT2D eigenvalue weighted by Crippen LogP contribution is -2.46. The van der Waals surface area contributed by atoms with Gasteiger partial charge < -0.3 is 4.90 Å². The number of hydrogen-bond donors (Lipinski definition) is 1. The van der Waals surface area contributed by atoms with Gasteiger partial charge in [-0.15, -0.1) is 0 Å². The fourth-order valence-electron chi connectivity index (χ4n) is 3.37. The molecule has 1 atom stereocenters. The fourth-order valence-corrected chi connectivity index (χ4v) is 3.37. The molecule has 3 nitrogen and oxygen atoms in total. The van der Waals surface area contributed by atoms with Gasteiger partial charge in [0.15, 0.2) is 0 Å². The highest BCUT2D eigenvalue weighted by Crippen LogP contribution is 2.38. The Morgan fingerprint density at radius 2 is 1.89 bits per heavy atom. The van der Waals surface area contributed by atoms with Crippen LogP contribution in [0.4, 0.5) is 0 Å². The Bertz CT molecular complexity index is 324. The maximum absolute atomic E-state index is 12.8. The van der Waals surface area contributed by atoms with Crippen LogP contribution < -0.4 is 5.32 Å². The lowest BCUT2D eigenvalue weighted by atomic mass is 9.94. The molecule has 1 unspecified atom stereocenters. The average Bonchev–Trinajstić information content (AvgIpc) is 2.78. The maximum atomic E-state index is 12.8. The molecule has 1 aliphatic carbocycles. The van der Waals surface area contributed by atoms with E-state index in [9.17, 15) is 4.79 Å². The molecule has 0 aromatic carbocycles. The minimum atomic E-state index is -0.222. The van der Waals surface area contributed by atoms with Crippen molar-refractivity contribution in [2.75, 3.05) is 6.54 Å². The van der Waals surface area contributed by atoms with E-state index in [1.54, 1.807) is 0 Å². The molecule has 18 heavy (non-hydrogen) atoms. The van der Waals surface area contributed by atoms with Gasteiger partial charge in [0.05, 0.1) is 11.7 Å². The van der Waals surface area contributed by atoms with Gasteiger partial charge in [-0.2, -0.15) is 0 Å². The molecular formula is C15H28N2O. The van der Waals surface area contributed by atoms with E-state index in [2.05, 4.69) is 44.8 Å². The zero-order chi connectivity index (χ0) is 13.6. The first-order valence-electron chi connectivity index (χ1n) is 7.34. The van der Waals surface area contributed by atoms with Gasteiger partial charge in [-0.25, -0.2) is 0 Å². The summed E-state index contributed by atoms with van der Waals surface area (Å²) in [5, 5.41) is 3.66. The minimum absolute atomic E-state index is 0.161. The molecule has 1 spiro atoms. The first-order chi connectivity index (χ1) is 8.25. The van der Waals surface area contributed by atoms with E-state index in [-0.39, 0.29) is 17.1 Å². The maximum Gasteiger partial charge on any atom is 0.244 e. The minimum Gasteiger partial charge on any atom is -0.325 e. The summed E-state index contributed by atoms with van der Waals surface area (Å²) in [6.07, 6.45) is 4.64. The van der Waals surface area contributed by atoms with Crippen molar-refractivity contribution < 1.29 is 4.79 Å². The highest BCUT2D eigenvalue weighted by molar-refractivity contribution is 5.89. The Balaban J connectivity index is 2.22. The van der Waals surface area contributed by atoms with Gasteiger partial charge in [-0.3, -0.25) is 10.1 Å². The Kier molecular flexibility index (Phi) is 3.48. The molecule has 2 aliphatic rings. The highest BCUT2D eigenvalue weighted by Gasteiger charge is 2.53. The largest absolute Gasteiger partial charge is 0.325 e. The highest BCUT2D eigenvalue weighted by atomic mass is 16.2. The van der Waals surface area contributed by atoms with E-state index in [0.29, 0.717) is 11.8 Å². The Hall–Kier alpha value is -0.570. The summed E-state index contributed by atoms with van der Waals surface area (Å²) >= 11 is 0. The van der Waals surface area contributed by atoms with E-state index in [1.807, 2.05) is 0 Å². The number of amides is 1. The molecule has 2 rings (SSSR count). The number of hydrogen-bond acceptors (Lipinski definition) is 2. The molecule has 1 saturated carbocycles. The van der Waals surface area contributed by atoms with Crippen molar-refractivity contribution in [2.45, 2.75) is 72.0 Å². The molecule has 104 valence electrons. The molecular weight excluding hydrogens is 224 g/mol. The Morgan fingerprint density at radius 3 is 2.33 bits per heavy atom. The SMILES string of the molecule is CC(C)C1NC2(CCCC2)C(=O)N1CC(C)(C)C. The molecule has 1 aliphatic heterocycles. The number of carbonyl (C=O) groups excluding carboxylic acids is 1. The van der Waals surface area contributed by atoms with Crippen LogP contribution in [-0.4, -0.2) is 29.1 Å². The second kappa shape index (κ2) is 4.52. The Labute approximate surface area is 111 Å². The monoisotopic (exact) mass is 252 g/mol. The molecule has 1 heterocycles. The third-order valence-corrected chi connectivity index (χ3v) is 4.16. The predicted octanol–water partition coefficient (Wildman–Crippen LogP) is 2.76. The normalized spacial score (nSPS) is 27.8. The van der Waals surface area contributed by atoms with Gasteiger partial charge in [0.2, 0.25) is 5.91 Å². The molecule has 0 aromatic rings. The van der Waals surface area contributed by atoms with Gasteiger partial charge >= 0.3 is 0 Å². The van der Waals surface area contributed by atoms with Gasteiger partial charge in [0, 0.05) is 6.54 Å². The zero-order valence-electron chi connectivity index (χ0n) is 12.5. The molecule has 2 fully saturated rings. The van der Waals surface area contributed by atoms with Crippen molar-refractivity contribution in [1.29, 1.82) is 0 Å². The molecule has 0 aromatic heterocycles. The van der Waals surface area contributed by atoms with Crippen molar-refractivity contribution in [3.63, 3.8) is 0 Å². The van der Waals surface area contributed by atoms with Crippen molar-refractivity contribution in [3.05, 3.63) is 0 Å². The lowest BCUT2D eigenvalue weighted by molar-refractivity contribution is -0.134. The summed E-state index contributed by atoms with van der Waals surface area (Å²) in [5.74, 6) is 0.824. The molecule has 1 N–H and O–H groups in total. The van der Waals surface area contributed by atoms with E-state index in [1.165, 1.54) is 12.8 Å². The van der Waals surface area contributed by atoms with Crippen LogP contribution >= 0.6 is 0 Å². The van der Waals surface area contributed by atoms with Crippen molar-refractivity contribution in [2.24, 2.45) is 11.3 Å². The summed E-state index contributed by atoms with van der Waals surface area (Å²) < 4.78 is 0. The predicted molar refractivity (Wildman–Crippen MR) is 74.1 cm³/mol. The van der Waals surface area contributed by atoms with Crippen molar-refractivity contribution >= 4 is 5.91 Å². The summed E-state index contributed by atoms with van der Waals surface area (Å²) in [6, 6.07) is 0. The standard InChI is InChI=1S/C15H28N2O/c1-11(2)12-16-15(8-6-7-9-15)13(18)17(12)10-14(3,4)5/h11-12,16H,6-10H2,1-5H3. The number of nitrogens with one attached hydrogen (secondary N) is 1. The van der Waals surface area contributed by atoms with Crippen molar-refractivity contribution in [1.82, 2.24) is 10.2 Å². The zero-order valence-corrected chi connectivity index (χ0v) is 12.5. The van der Waals surface area contributed by atoms with E-state index in [4.69, 9.17) is 0 Å². The average molecular weight is 252 g/mol. The summed E-state index contributed by atoms with van der Waals surface area (Å²) in [6.45, 7) is 11.9. The van der Waals surface area contributed by atoms with Crippen molar-refractivity contribution in [3.8, 4) is 0 Å². The second-order valence-electron chi connectivity index (χ2n) is 7.62. The third kappa shape index (κ3) is 2.42. The first-order valence-corrected chi connectivity index (χ1v) is 7.34. The first kappa shape index (κ1) is 13.9. The van der Waals surface area contributed by atoms with Crippen LogP contribution in [0.3, 0.4) is 0 Å². The smallest absolute Gasteiger partial charge is 0.244 e. The van der Waals surface area contributed by atoms with Crippen LogP contribution in [0.2, 0.25) is 0 Å². The van der Waals surface area contributed by atoms with Crippen LogP contribution in [0, 0.1) is 11.3 Å². The van der Waals surface area contributed by atoms with E-state index >= 15 is 0 Å². The van der Waals surface area contributed by atoms with Crippen LogP contribution in [-0.2, 0) is 4.79 Å². The molecule has 0 bridgehead atoms. The second-order valence-corrected chi connectivity index (χ2v) is 7.62. The van der Waals surface area contributed by atoms with Crippen LogP contribution in [0.1, 0.15) is 60.3 Å². The molecule has 3 heteroatoms. The summed E-state index contributed by atoms with van der Waals surface area (Å²) in [4.78, 5) is 14.9. The summed E-state index contributed by atoms with van der Waals surface area (Å²) in [5.41, 5.74) is -0.0607. The number of carbonyl (C=O) groups is 1. The van der Waals surface area contributed by atoms with Crippen LogP contribution in [0.25, 0.3) is 0 Å². The number of nitrogens with zero attached hydrogens (tertiary/aromatic N) is 1. The van der Waals surface area contributed by atoms with Gasteiger partial charge in [-0.05, 0) is 24.2 Å².